The normalized spacial score (nSPS) is 18.6. The molecule has 2 aromatic carbocycles. The van der Waals surface area contributed by atoms with Crippen LogP contribution in [0.5, 0.6) is 11.5 Å². The zero-order valence-electron chi connectivity index (χ0n) is 17.4. The van der Waals surface area contributed by atoms with Gasteiger partial charge in [0.05, 0.1) is 19.8 Å². The summed E-state index contributed by atoms with van der Waals surface area (Å²) in [5.74, 6) is 2.46. The molecule has 5 nitrogen and oxygen atoms in total. The largest absolute Gasteiger partial charge is 0.457 e. The van der Waals surface area contributed by atoms with Gasteiger partial charge in [0.15, 0.2) is 0 Å². The second kappa shape index (κ2) is 10.4. The second-order valence-electron chi connectivity index (χ2n) is 7.95. The first kappa shape index (κ1) is 20.6. The summed E-state index contributed by atoms with van der Waals surface area (Å²) in [6.07, 6.45) is 6.53. The lowest BCUT2D eigenvalue weighted by atomic mass is 9.95. The van der Waals surface area contributed by atoms with Gasteiger partial charge in [0.1, 0.15) is 11.5 Å². The minimum Gasteiger partial charge on any atom is -0.457 e. The van der Waals surface area contributed by atoms with E-state index in [1.807, 2.05) is 47.4 Å². The van der Waals surface area contributed by atoms with E-state index < -0.39 is 0 Å². The van der Waals surface area contributed by atoms with E-state index in [2.05, 4.69) is 29.2 Å². The molecule has 5 heteroatoms. The second-order valence-corrected chi connectivity index (χ2v) is 7.95. The van der Waals surface area contributed by atoms with Crippen LogP contribution < -0.4 is 4.74 Å². The highest BCUT2D eigenvalue weighted by atomic mass is 16.5. The maximum atomic E-state index is 12.5. The van der Waals surface area contributed by atoms with Crippen molar-refractivity contribution >= 4 is 12.0 Å². The summed E-state index contributed by atoms with van der Waals surface area (Å²) in [6.45, 7) is 5.42. The Bertz CT molecular complexity index is 821. The molecule has 2 aliphatic heterocycles. The van der Waals surface area contributed by atoms with Gasteiger partial charge in [0, 0.05) is 26.2 Å². The van der Waals surface area contributed by atoms with Crippen molar-refractivity contribution in [1.82, 2.24) is 9.80 Å². The Labute approximate surface area is 178 Å². The molecule has 1 amide bonds. The molecule has 0 aromatic heterocycles. The van der Waals surface area contributed by atoms with Crippen LogP contribution in [0.1, 0.15) is 18.4 Å². The quantitative estimate of drug-likeness (QED) is 0.725. The summed E-state index contributed by atoms with van der Waals surface area (Å²) in [5, 5.41) is 0. The van der Waals surface area contributed by atoms with Crippen LogP contribution >= 0.6 is 0 Å². The summed E-state index contributed by atoms with van der Waals surface area (Å²) < 4.78 is 11.2. The molecule has 0 aliphatic carbocycles. The summed E-state index contributed by atoms with van der Waals surface area (Å²) in [4.78, 5) is 16.7. The lowest BCUT2D eigenvalue weighted by Crippen LogP contribution is -2.46. The van der Waals surface area contributed by atoms with Crippen molar-refractivity contribution in [2.24, 2.45) is 5.92 Å². The minimum atomic E-state index is 0.258. The van der Waals surface area contributed by atoms with Gasteiger partial charge in [0.2, 0.25) is 5.91 Å². The van der Waals surface area contributed by atoms with Crippen LogP contribution in [-0.4, -0.2) is 61.6 Å². The van der Waals surface area contributed by atoms with Crippen molar-refractivity contribution in [1.29, 1.82) is 0 Å². The molecule has 2 aromatic rings. The first-order valence-electron chi connectivity index (χ1n) is 10.9. The summed E-state index contributed by atoms with van der Waals surface area (Å²) >= 11 is 0. The number of rotatable bonds is 6. The fourth-order valence-corrected chi connectivity index (χ4v) is 3.91. The highest BCUT2D eigenvalue weighted by Gasteiger charge is 2.23. The Morgan fingerprint density at radius 1 is 0.933 bits per heavy atom. The van der Waals surface area contributed by atoms with Crippen LogP contribution in [0.3, 0.4) is 0 Å². The van der Waals surface area contributed by atoms with Crippen LogP contribution in [-0.2, 0) is 9.53 Å². The number of hydrogen-bond donors (Lipinski definition) is 0. The topological polar surface area (TPSA) is 42.0 Å². The third kappa shape index (κ3) is 5.94. The monoisotopic (exact) mass is 406 g/mol. The van der Waals surface area contributed by atoms with Gasteiger partial charge in [-0.3, -0.25) is 9.69 Å². The van der Waals surface area contributed by atoms with Crippen molar-refractivity contribution in [3.05, 3.63) is 66.2 Å². The van der Waals surface area contributed by atoms with Gasteiger partial charge in [-0.2, -0.15) is 0 Å². The van der Waals surface area contributed by atoms with Gasteiger partial charge in [-0.15, -0.1) is 0 Å². The average molecular weight is 407 g/mol. The maximum absolute atomic E-state index is 12.5. The predicted molar refractivity (Wildman–Crippen MR) is 119 cm³/mol. The van der Waals surface area contributed by atoms with Gasteiger partial charge in [-0.1, -0.05) is 42.5 Å². The van der Waals surface area contributed by atoms with Crippen molar-refractivity contribution < 1.29 is 14.3 Å². The SMILES string of the molecule is O=C(CN1CCOCC1)N1CCC(C=Cc2ccc(Oc3ccccc3)cc2)CC1. The lowest BCUT2D eigenvalue weighted by Gasteiger charge is -2.33. The molecular formula is C25H30N2O3. The Balaban J connectivity index is 1.22. The van der Waals surface area contributed by atoms with Gasteiger partial charge >= 0.3 is 0 Å². The highest BCUT2D eigenvalue weighted by Crippen LogP contribution is 2.23. The first-order valence-corrected chi connectivity index (χ1v) is 10.9. The number of nitrogens with zero attached hydrogens (tertiary/aromatic N) is 2. The molecule has 2 heterocycles. The molecule has 2 aliphatic rings. The van der Waals surface area contributed by atoms with Crippen molar-refractivity contribution in [3.8, 4) is 11.5 Å². The summed E-state index contributed by atoms with van der Waals surface area (Å²) in [6, 6.07) is 18.0. The van der Waals surface area contributed by atoms with Crippen LogP contribution in [0.25, 0.3) is 6.08 Å². The number of hydrogen-bond acceptors (Lipinski definition) is 4. The maximum Gasteiger partial charge on any atom is 0.236 e. The van der Waals surface area contributed by atoms with E-state index in [0.717, 1.165) is 63.7 Å². The van der Waals surface area contributed by atoms with E-state index in [1.165, 1.54) is 5.56 Å². The van der Waals surface area contributed by atoms with E-state index >= 15 is 0 Å². The zero-order valence-corrected chi connectivity index (χ0v) is 17.4. The number of carbonyl (C=O) groups is 1. The minimum absolute atomic E-state index is 0.258. The van der Waals surface area contributed by atoms with Gasteiger partial charge in [-0.05, 0) is 48.6 Å². The number of likely N-dealkylation sites (tertiary alicyclic amines) is 1. The number of amides is 1. The molecule has 0 spiro atoms. The Kier molecular flexibility index (Phi) is 7.16. The highest BCUT2D eigenvalue weighted by molar-refractivity contribution is 5.78. The molecule has 0 unspecified atom stereocenters. The van der Waals surface area contributed by atoms with E-state index in [9.17, 15) is 4.79 Å². The van der Waals surface area contributed by atoms with Crippen LogP contribution in [0, 0.1) is 5.92 Å². The smallest absolute Gasteiger partial charge is 0.236 e. The molecule has 0 bridgehead atoms. The molecule has 2 saturated heterocycles. The van der Waals surface area contributed by atoms with E-state index in [-0.39, 0.29) is 5.91 Å². The van der Waals surface area contributed by atoms with Crippen LogP contribution in [0.2, 0.25) is 0 Å². The van der Waals surface area contributed by atoms with E-state index in [4.69, 9.17) is 9.47 Å². The molecule has 158 valence electrons. The number of allylic oxidation sites excluding steroid dienone is 1. The average Bonchev–Trinajstić information content (AvgIpc) is 2.80. The van der Waals surface area contributed by atoms with Crippen molar-refractivity contribution in [2.75, 3.05) is 45.9 Å². The Morgan fingerprint density at radius 3 is 2.30 bits per heavy atom. The van der Waals surface area contributed by atoms with E-state index in [1.54, 1.807) is 0 Å². The van der Waals surface area contributed by atoms with Gasteiger partial charge < -0.3 is 14.4 Å². The molecule has 0 saturated carbocycles. The molecule has 0 radical (unpaired) electrons. The van der Waals surface area contributed by atoms with Gasteiger partial charge in [0.25, 0.3) is 0 Å². The lowest BCUT2D eigenvalue weighted by molar-refractivity contribution is -0.134. The number of ether oxygens (including phenoxy) is 2. The fraction of sp³-hybridized carbons (Fsp3) is 0.400. The third-order valence-electron chi connectivity index (χ3n) is 5.77. The summed E-state index contributed by atoms with van der Waals surface area (Å²) in [7, 11) is 0. The predicted octanol–water partition coefficient (Wildman–Crippen LogP) is 4.06. The van der Waals surface area contributed by atoms with Crippen LogP contribution in [0.15, 0.2) is 60.7 Å². The molecular weight excluding hydrogens is 376 g/mol. The first-order chi connectivity index (χ1) is 14.8. The number of para-hydroxylation sites is 1. The van der Waals surface area contributed by atoms with E-state index in [0.29, 0.717) is 12.5 Å². The Hall–Kier alpha value is -2.63. The third-order valence-corrected chi connectivity index (χ3v) is 5.77. The molecule has 30 heavy (non-hydrogen) atoms. The number of piperidine rings is 1. The van der Waals surface area contributed by atoms with Gasteiger partial charge in [-0.25, -0.2) is 0 Å². The van der Waals surface area contributed by atoms with Crippen molar-refractivity contribution in [2.45, 2.75) is 12.8 Å². The zero-order chi connectivity index (χ0) is 20.6. The fourth-order valence-electron chi connectivity index (χ4n) is 3.91. The Morgan fingerprint density at radius 2 is 1.60 bits per heavy atom. The molecule has 4 rings (SSSR count). The number of carbonyl (C=O) groups excluding carboxylic acids is 1. The van der Waals surface area contributed by atoms with Crippen molar-refractivity contribution in [3.63, 3.8) is 0 Å². The summed E-state index contributed by atoms with van der Waals surface area (Å²) in [5.41, 5.74) is 1.17. The molecule has 0 N–H and O–H groups in total. The molecule has 2 fully saturated rings. The molecule has 0 atom stereocenters. The van der Waals surface area contributed by atoms with Crippen LogP contribution in [0.4, 0.5) is 0 Å². The standard InChI is InChI=1S/C25H30N2O3/c28-25(20-26-16-18-29-19-17-26)27-14-12-22(13-15-27)7-6-21-8-10-24(11-9-21)30-23-4-2-1-3-5-23/h1-11,22H,12-20H2. The number of morpholine rings is 1. The number of benzene rings is 2.